The number of allylic oxidation sites excluding steroid dienone is 2. The summed E-state index contributed by atoms with van der Waals surface area (Å²) in [6, 6.07) is -1.34. The molecule has 2 amide bonds. The van der Waals surface area contributed by atoms with Gasteiger partial charge in [0.1, 0.15) is 11.2 Å². The Bertz CT molecular complexity index is 1080. The van der Waals surface area contributed by atoms with E-state index in [1.807, 2.05) is 27.7 Å². The number of carbonyl (C=O) groups is 6. The molecule has 0 saturated heterocycles. The summed E-state index contributed by atoms with van der Waals surface area (Å²) >= 11 is 0. The molecule has 0 saturated carbocycles. The van der Waals surface area contributed by atoms with Crippen LogP contribution in [-0.4, -0.2) is 71.2 Å². The number of carbonyl (C=O) groups excluding carboxylic acids is 5. The summed E-state index contributed by atoms with van der Waals surface area (Å²) in [5, 5.41) is 13.8. The molecule has 0 fully saturated rings. The van der Waals surface area contributed by atoms with Crippen molar-refractivity contribution >= 4 is 35.7 Å². The summed E-state index contributed by atoms with van der Waals surface area (Å²) in [5.74, 6) is -1.62. The van der Waals surface area contributed by atoms with Crippen LogP contribution in [0, 0.1) is 23.7 Å². The van der Waals surface area contributed by atoms with Gasteiger partial charge in [0.15, 0.2) is 11.6 Å². The number of Topliss-reactive ketones (excluding diaryl/α,β-unsaturated/α-hetero) is 2. The fourth-order valence-electron chi connectivity index (χ4n) is 3.95. The van der Waals surface area contributed by atoms with Crippen LogP contribution in [-0.2, 0) is 33.4 Å². The Balaban J connectivity index is 0. The average molecular weight is 669 g/mol. The molecule has 0 heterocycles. The minimum atomic E-state index is -1.04. The molecular formula is C35H60N2O10. The number of carboxylic acid groups (broad SMARTS) is 1. The lowest BCUT2D eigenvalue weighted by atomic mass is 9.86. The van der Waals surface area contributed by atoms with Crippen molar-refractivity contribution in [3.05, 3.63) is 24.3 Å². The molecule has 0 aliphatic carbocycles. The first-order valence-electron chi connectivity index (χ1n) is 16.2. The van der Waals surface area contributed by atoms with Gasteiger partial charge in [-0.15, -0.1) is 0 Å². The first-order valence-corrected chi connectivity index (χ1v) is 16.2. The Morgan fingerprint density at radius 2 is 1.00 bits per heavy atom. The largest absolute Gasteiger partial charge is 0.478 e. The number of ether oxygens (including phenoxy) is 3. The van der Waals surface area contributed by atoms with Crippen molar-refractivity contribution in [1.29, 1.82) is 0 Å². The van der Waals surface area contributed by atoms with E-state index >= 15 is 0 Å². The van der Waals surface area contributed by atoms with E-state index in [1.165, 1.54) is 13.2 Å². The van der Waals surface area contributed by atoms with Crippen LogP contribution >= 0.6 is 0 Å². The predicted octanol–water partition coefficient (Wildman–Crippen LogP) is 6.41. The van der Waals surface area contributed by atoms with Crippen molar-refractivity contribution in [3.63, 3.8) is 0 Å². The van der Waals surface area contributed by atoms with Gasteiger partial charge in [0.05, 0.1) is 19.2 Å². The Kier molecular flexibility index (Phi) is 21.2. The van der Waals surface area contributed by atoms with Crippen molar-refractivity contribution in [1.82, 2.24) is 10.6 Å². The molecule has 0 unspecified atom stereocenters. The van der Waals surface area contributed by atoms with Gasteiger partial charge in [0.2, 0.25) is 0 Å². The Morgan fingerprint density at radius 3 is 1.28 bits per heavy atom. The number of amides is 2. The maximum Gasteiger partial charge on any atom is 0.408 e. The molecule has 12 nitrogen and oxygen atoms in total. The first-order chi connectivity index (χ1) is 21.5. The normalized spacial score (nSPS) is 15.6. The van der Waals surface area contributed by atoms with Gasteiger partial charge in [-0.25, -0.2) is 19.2 Å². The molecule has 0 aromatic heterocycles. The summed E-state index contributed by atoms with van der Waals surface area (Å²) in [7, 11) is 1.31. The zero-order chi connectivity index (χ0) is 37.1. The smallest absolute Gasteiger partial charge is 0.408 e. The first kappa shape index (κ1) is 45.4. The standard InChI is InChI=1S/C18H31NO5.C17H29NO5/c1-8-12(2)14(9-10-16(21)23-7)11-15(20)13(3)19-17(22)24-18(4,5)6;1-7-11(2)13(8-9-15(20)21)10-14(19)12(3)18-16(22)23-17(4,5)6/h9-10,12-14H,8,11H2,1-7H3,(H,19,22);8-9,11-13H,7,10H2,1-6H3,(H,18,22)(H,20,21)/b10-9+;9-8+/t12-,13-,14-;11-,12-,13-/m00/s1. The van der Waals surface area contributed by atoms with E-state index in [-0.39, 0.29) is 48.1 Å². The van der Waals surface area contributed by atoms with Gasteiger partial charge in [-0.1, -0.05) is 52.7 Å². The van der Waals surface area contributed by atoms with Crippen LogP contribution in [0.3, 0.4) is 0 Å². The number of methoxy groups -OCH3 is 1. The van der Waals surface area contributed by atoms with E-state index in [1.54, 1.807) is 67.5 Å². The molecule has 0 spiro atoms. The molecular weight excluding hydrogens is 608 g/mol. The summed E-state index contributed by atoms with van der Waals surface area (Å²) in [6.45, 7) is 21.7. The van der Waals surface area contributed by atoms with E-state index in [0.29, 0.717) is 0 Å². The summed E-state index contributed by atoms with van der Waals surface area (Å²) in [6.07, 6.45) is 6.52. The van der Waals surface area contributed by atoms with Crippen LogP contribution in [0.5, 0.6) is 0 Å². The van der Waals surface area contributed by atoms with Crippen LogP contribution in [0.25, 0.3) is 0 Å². The molecule has 270 valence electrons. The van der Waals surface area contributed by atoms with E-state index in [9.17, 15) is 28.8 Å². The monoisotopic (exact) mass is 668 g/mol. The third-order valence-corrected chi connectivity index (χ3v) is 7.22. The second-order valence-electron chi connectivity index (χ2n) is 13.8. The molecule has 0 aliphatic heterocycles. The molecule has 0 rings (SSSR count). The van der Waals surface area contributed by atoms with E-state index < -0.39 is 47.4 Å². The maximum atomic E-state index is 12.4. The van der Waals surface area contributed by atoms with Gasteiger partial charge in [0, 0.05) is 25.0 Å². The van der Waals surface area contributed by atoms with Gasteiger partial charge in [-0.3, -0.25) is 9.59 Å². The Labute approximate surface area is 281 Å². The summed E-state index contributed by atoms with van der Waals surface area (Å²) in [4.78, 5) is 70.0. The molecule has 3 N–H and O–H groups in total. The Hall–Kier alpha value is -3.70. The van der Waals surface area contributed by atoms with Gasteiger partial charge in [0.25, 0.3) is 0 Å². The van der Waals surface area contributed by atoms with E-state index in [0.717, 1.165) is 18.9 Å². The van der Waals surface area contributed by atoms with Crippen molar-refractivity contribution in [2.45, 2.75) is 132 Å². The third kappa shape index (κ3) is 23.3. The van der Waals surface area contributed by atoms with Gasteiger partial charge in [-0.05, 0) is 79.1 Å². The third-order valence-electron chi connectivity index (χ3n) is 7.22. The van der Waals surface area contributed by atoms with Crippen LogP contribution in [0.15, 0.2) is 24.3 Å². The van der Waals surface area contributed by atoms with Gasteiger partial charge >= 0.3 is 24.1 Å². The fraction of sp³-hybridized carbons (Fsp3) is 0.714. The second-order valence-corrected chi connectivity index (χ2v) is 13.8. The lowest BCUT2D eigenvalue weighted by Gasteiger charge is -2.23. The predicted molar refractivity (Wildman–Crippen MR) is 181 cm³/mol. The number of hydrogen-bond donors (Lipinski definition) is 3. The molecule has 0 aromatic rings. The highest BCUT2D eigenvalue weighted by Crippen LogP contribution is 2.23. The molecule has 6 atom stereocenters. The van der Waals surface area contributed by atoms with Crippen molar-refractivity contribution < 1.29 is 48.1 Å². The van der Waals surface area contributed by atoms with Crippen LogP contribution in [0.1, 0.15) is 109 Å². The molecule has 0 aliphatic rings. The number of aliphatic carboxylic acids is 1. The number of ketones is 2. The number of alkyl carbamates (subject to hydrolysis) is 2. The molecule has 47 heavy (non-hydrogen) atoms. The highest BCUT2D eigenvalue weighted by atomic mass is 16.6. The van der Waals surface area contributed by atoms with E-state index in [4.69, 9.17) is 14.6 Å². The van der Waals surface area contributed by atoms with Crippen LogP contribution in [0.2, 0.25) is 0 Å². The number of hydrogen-bond acceptors (Lipinski definition) is 9. The van der Waals surface area contributed by atoms with Gasteiger partial charge < -0.3 is 30.0 Å². The van der Waals surface area contributed by atoms with Crippen LogP contribution < -0.4 is 10.6 Å². The summed E-state index contributed by atoms with van der Waals surface area (Å²) < 4.78 is 14.8. The van der Waals surface area contributed by atoms with Crippen LogP contribution in [0.4, 0.5) is 9.59 Å². The number of rotatable bonds is 16. The maximum absolute atomic E-state index is 12.4. The number of esters is 1. The highest BCUT2D eigenvalue weighted by molar-refractivity contribution is 5.88. The number of carboxylic acids is 1. The molecule has 0 radical (unpaired) electrons. The fourth-order valence-corrected chi connectivity index (χ4v) is 3.95. The zero-order valence-electron chi connectivity index (χ0n) is 30.7. The lowest BCUT2D eigenvalue weighted by molar-refractivity contribution is -0.135. The minimum absolute atomic E-state index is 0.0931. The number of nitrogens with one attached hydrogen (secondary N) is 2. The minimum Gasteiger partial charge on any atom is -0.478 e. The second kappa shape index (κ2) is 22.0. The van der Waals surface area contributed by atoms with Crippen molar-refractivity contribution in [3.8, 4) is 0 Å². The lowest BCUT2D eigenvalue weighted by Crippen LogP contribution is -2.42. The summed E-state index contributed by atoms with van der Waals surface area (Å²) in [5.41, 5.74) is -1.24. The zero-order valence-corrected chi connectivity index (χ0v) is 30.7. The topological polar surface area (TPSA) is 174 Å². The van der Waals surface area contributed by atoms with Crippen molar-refractivity contribution in [2.75, 3.05) is 7.11 Å². The average Bonchev–Trinajstić information content (AvgIpc) is 2.93. The van der Waals surface area contributed by atoms with Gasteiger partial charge in [-0.2, -0.15) is 0 Å². The quantitative estimate of drug-likeness (QED) is 0.0947. The highest BCUT2D eigenvalue weighted by Gasteiger charge is 2.26. The molecule has 0 aromatic carbocycles. The molecule has 12 heteroatoms. The SMILES string of the molecule is CC[C@H](C)[C@@H](/C=C/C(=O)O)CC(=O)[C@H](C)NC(=O)OC(C)(C)C.CC[C@H](C)[C@@H](/C=C/C(=O)OC)CC(=O)[C@H](C)NC(=O)OC(C)(C)C. The van der Waals surface area contributed by atoms with E-state index in [2.05, 4.69) is 15.4 Å². The van der Waals surface area contributed by atoms with Crippen molar-refractivity contribution in [2.24, 2.45) is 23.7 Å². The Morgan fingerprint density at radius 1 is 0.660 bits per heavy atom. The molecule has 0 bridgehead atoms.